The molecule has 1 atom stereocenters. The predicted octanol–water partition coefficient (Wildman–Crippen LogP) is 1.03. The molecule has 5 nitrogen and oxygen atoms in total. The molecule has 144 valence electrons. The number of hydrogen-bond acceptors (Lipinski definition) is 5. The molecule has 3 aromatic rings. The Hall–Kier alpha value is -2.19. The summed E-state index contributed by atoms with van der Waals surface area (Å²) in [6.07, 6.45) is 4.70. The Morgan fingerprint density at radius 3 is 2.93 bits per heavy atom. The molecule has 0 bridgehead atoms. The maximum Gasteiger partial charge on any atom is 0.413 e. The van der Waals surface area contributed by atoms with E-state index in [9.17, 15) is 9.82 Å². The highest BCUT2D eigenvalue weighted by atomic mass is 32.1. The monoisotopic (exact) mass is 393 g/mol. The van der Waals surface area contributed by atoms with Crippen molar-refractivity contribution in [1.29, 1.82) is 0 Å². The van der Waals surface area contributed by atoms with Gasteiger partial charge < -0.3 is 16.0 Å². The van der Waals surface area contributed by atoms with Crippen LogP contribution in [0.1, 0.15) is 22.6 Å². The highest BCUT2D eigenvalue weighted by Gasteiger charge is 2.28. The smallest absolute Gasteiger partial charge is 0.413 e. The first-order chi connectivity index (χ1) is 13.2. The van der Waals surface area contributed by atoms with E-state index in [4.69, 9.17) is 5.73 Å². The third kappa shape index (κ3) is 3.98. The van der Waals surface area contributed by atoms with Crippen LogP contribution in [0.2, 0.25) is 0 Å². The Kier molecular flexibility index (Phi) is 6.51. The van der Waals surface area contributed by atoms with Crippen molar-refractivity contribution in [3.05, 3.63) is 71.5 Å². The van der Waals surface area contributed by atoms with Crippen LogP contribution in [0, 0.1) is 0 Å². The Morgan fingerprint density at radius 2 is 2.11 bits per heavy atom. The number of pyridine rings is 1. The van der Waals surface area contributed by atoms with Gasteiger partial charge in [0, 0.05) is 30.7 Å². The van der Waals surface area contributed by atoms with E-state index in [1.54, 1.807) is 6.20 Å². The number of carbonyl (C=O) groups is 1. The molecule has 0 saturated carbocycles. The summed E-state index contributed by atoms with van der Waals surface area (Å²) in [6, 6.07) is 13.7. The molecule has 0 aliphatic carbocycles. The van der Waals surface area contributed by atoms with Gasteiger partial charge in [-0.3, -0.25) is 9.78 Å². The molecule has 0 unspecified atom stereocenters. The zero-order chi connectivity index (χ0) is 18.8. The molecule has 1 aliphatic heterocycles. The number of nitrogens with two attached hydrogens (primary N) is 1. The molecule has 2 aromatic carbocycles. The van der Waals surface area contributed by atoms with Gasteiger partial charge >= 0.3 is 7.05 Å². The second kappa shape index (κ2) is 8.88. The minimum Gasteiger partial charge on any atom is -0.433 e. The molecule has 0 amide bonds. The van der Waals surface area contributed by atoms with Crippen molar-refractivity contribution in [3.8, 4) is 0 Å². The molecule has 7 heteroatoms. The lowest BCUT2D eigenvalue weighted by atomic mass is 9.66. The minimum atomic E-state index is -0.684. The maximum atomic E-state index is 13.1. The normalized spacial score (nSPS) is 14.3. The molecular weight excluding hydrogens is 369 g/mol. The summed E-state index contributed by atoms with van der Waals surface area (Å²) >= 11 is 0. The molecule has 4 N–H and O–H groups in total. The van der Waals surface area contributed by atoms with E-state index in [0.717, 1.165) is 39.3 Å². The number of Topliss-reactive ketones (excluding diaryl/α,β-unsaturated/α-hetero) is 1. The summed E-state index contributed by atoms with van der Waals surface area (Å²) in [6.45, 7) is 0.950. The molecule has 0 fully saturated rings. The third-order valence-corrected chi connectivity index (χ3v) is 5.34. The molecule has 1 aromatic heterocycles. The van der Waals surface area contributed by atoms with Gasteiger partial charge in [0.15, 0.2) is 0 Å². The van der Waals surface area contributed by atoms with Gasteiger partial charge in [0.05, 0.1) is 5.92 Å². The summed E-state index contributed by atoms with van der Waals surface area (Å²) in [5.74, 6) is -0.259. The van der Waals surface area contributed by atoms with Gasteiger partial charge in [0.2, 0.25) is 0 Å². The van der Waals surface area contributed by atoms with E-state index in [-0.39, 0.29) is 31.7 Å². The summed E-state index contributed by atoms with van der Waals surface area (Å²) < 4.78 is 0. The quantitative estimate of drug-likeness (QED) is 0.564. The molecule has 2 heterocycles. The van der Waals surface area contributed by atoms with E-state index in [2.05, 4.69) is 10.2 Å². The number of fused-ring (bicyclic) bond motifs is 2. The first-order valence-electron chi connectivity index (χ1n) is 9.26. The number of aromatic nitrogens is 1. The highest BCUT2D eigenvalue weighted by molar-refractivity contribution is 7.59. The van der Waals surface area contributed by atoms with E-state index < -0.39 is 7.05 Å². The van der Waals surface area contributed by atoms with Crippen molar-refractivity contribution < 1.29 is 9.82 Å². The molecule has 4 rings (SSSR count). The number of ketones is 1. The molecule has 28 heavy (non-hydrogen) atoms. The fourth-order valence-electron chi connectivity index (χ4n) is 3.94. The van der Waals surface area contributed by atoms with Gasteiger partial charge in [-0.2, -0.15) is 13.5 Å². The van der Waals surface area contributed by atoms with Crippen LogP contribution < -0.4 is 16.4 Å². The number of carbonyl (C=O) groups excluding carboxylic acids is 1. The van der Waals surface area contributed by atoms with Crippen LogP contribution in [-0.2, 0) is 17.6 Å². The van der Waals surface area contributed by atoms with Crippen molar-refractivity contribution in [1.82, 2.24) is 10.2 Å². The van der Waals surface area contributed by atoms with Crippen LogP contribution >= 0.6 is 13.5 Å². The van der Waals surface area contributed by atoms with Crippen molar-refractivity contribution >= 4 is 42.6 Å². The Labute approximate surface area is 171 Å². The van der Waals surface area contributed by atoms with Crippen molar-refractivity contribution in [3.63, 3.8) is 0 Å². The van der Waals surface area contributed by atoms with Crippen LogP contribution in [-0.4, -0.2) is 35.9 Å². The summed E-state index contributed by atoms with van der Waals surface area (Å²) in [5.41, 5.74) is 9.84. The lowest BCUT2D eigenvalue weighted by Crippen LogP contribution is -2.52. The van der Waals surface area contributed by atoms with Gasteiger partial charge in [-0.15, -0.1) is 0 Å². The lowest BCUT2D eigenvalue weighted by molar-refractivity contribution is -0.119. The topological polar surface area (TPSA) is 88.2 Å². The Balaban J connectivity index is 0.00000225. The zero-order valence-electron chi connectivity index (χ0n) is 15.6. The second-order valence-electron chi connectivity index (χ2n) is 7.01. The average Bonchev–Trinajstić information content (AvgIpc) is 2.69. The first-order valence-corrected chi connectivity index (χ1v) is 9.26. The van der Waals surface area contributed by atoms with Crippen LogP contribution in [0.5, 0.6) is 0 Å². The summed E-state index contributed by atoms with van der Waals surface area (Å²) in [7, 11) is -0.684. The van der Waals surface area contributed by atoms with Crippen molar-refractivity contribution in [2.24, 2.45) is 5.73 Å². The van der Waals surface area contributed by atoms with Crippen molar-refractivity contribution in [2.45, 2.75) is 18.8 Å². The van der Waals surface area contributed by atoms with Crippen LogP contribution in [0.3, 0.4) is 0 Å². The van der Waals surface area contributed by atoms with Gasteiger partial charge in [0.25, 0.3) is 0 Å². The fourth-order valence-corrected chi connectivity index (χ4v) is 3.94. The molecule has 0 radical (unpaired) electrons. The minimum absolute atomic E-state index is 0. The number of rotatable bonds is 5. The third-order valence-electron chi connectivity index (χ3n) is 5.34. The average molecular weight is 393 g/mol. The van der Waals surface area contributed by atoms with Gasteiger partial charge in [-0.1, -0.05) is 36.4 Å². The molecule has 0 spiro atoms. The van der Waals surface area contributed by atoms with Gasteiger partial charge in [0.1, 0.15) is 5.78 Å². The predicted molar refractivity (Wildman–Crippen MR) is 118 cm³/mol. The first kappa shape index (κ1) is 20.5. The zero-order valence-corrected chi connectivity index (χ0v) is 16.6. The highest BCUT2D eigenvalue weighted by Crippen LogP contribution is 2.24. The molecule has 0 saturated heterocycles. The Bertz CT molecular complexity index is 998. The van der Waals surface area contributed by atoms with Crippen LogP contribution in [0.4, 0.5) is 0 Å². The standard InChI is InChI=1S/C21H22BN3O2.H2S/c23-12-19(17-2-1-3-20-18(17)7-9-25-22(20)27)21(26)11-14-4-5-16-13-24-8-6-15(16)10-14;/h1-6,8,10,13,19,25,27H,7,9,11-12,23H2;1H2/t19-;/m1./s1. The molecular formula is C21H24BN3O2S. The number of benzene rings is 2. The van der Waals surface area contributed by atoms with Gasteiger partial charge in [-0.05, 0) is 46.6 Å². The van der Waals surface area contributed by atoms with Crippen molar-refractivity contribution in [2.75, 3.05) is 13.1 Å². The second-order valence-corrected chi connectivity index (χ2v) is 7.01. The summed E-state index contributed by atoms with van der Waals surface area (Å²) in [5, 5.41) is 15.4. The number of hydrogen-bond donors (Lipinski definition) is 3. The van der Waals surface area contributed by atoms with E-state index >= 15 is 0 Å². The van der Waals surface area contributed by atoms with Crippen LogP contribution in [0.15, 0.2) is 54.9 Å². The van der Waals surface area contributed by atoms with E-state index in [1.165, 1.54) is 0 Å². The lowest BCUT2D eigenvalue weighted by Gasteiger charge is -2.25. The largest absolute Gasteiger partial charge is 0.433 e. The van der Waals surface area contributed by atoms with Gasteiger partial charge in [-0.25, -0.2) is 0 Å². The van der Waals surface area contributed by atoms with E-state index in [0.29, 0.717) is 13.0 Å². The molecule has 1 aliphatic rings. The van der Waals surface area contributed by atoms with E-state index in [1.807, 2.05) is 48.7 Å². The SMILES string of the molecule is NC[C@@H](C(=O)Cc1ccc2cnccc2c1)c1cccc2c1CCNB2O.S. The Morgan fingerprint density at radius 1 is 1.25 bits per heavy atom. The number of nitrogens with one attached hydrogen (secondary N) is 1. The number of nitrogens with zero attached hydrogens (tertiary/aromatic N) is 1. The maximum absolute atomic E-state index is 13.1. The fraction of sp³-hybridized carbons (Fsp3) is 0.238. The summed E-state index contributed by atoms with van der Waals surface area (Å²) in [4.78, 5) is 17.2. The van der Waals surface area contributed by atoms with Crippen LogP contribution in [0.25, 0.3) is 10.8 Å².